The fraction of sp³-hybridized carbons (Fsp3) is 0.737. The number of aromatic hydroxyl groups is 1. The highest BCUT2D eigenvalue weighted by atomic mass is 16.5. The Kier molecular flexibility index (Phi) is 8.95. The Morgan fingerprint density at radius 1 is 1.00 bits per heavy atom. The smallest absolute Gasteiger partial charge is 0.214 e. The lowest BCUT2D eigenvalue weighted by atomic mass is 9.91. The molecule has 0 radical (unpaired) electrons. The molecule has 1 atom stereocenters. The maximum absolute atomic E-state index is 9.51. The molecular formula is C19H33NO2. The summed E-state index contributed by atoms with van der Waals surface area (Å²) in [5, 5.41) is 9.51. The first-order valence-corrected chi connectivity index (χ1v) is 8.93. The second-order valence-corrected chi connectivity index (χ2v) is 6.52. The highest BCUT2D eigenvalue weighted by molar-refractivity contribution is 5.25. The van der Waals surface area contributed by atoms with E-state index in [2.05, 4.69) is 25.8 Å². The van der Waals surface area contributed by atoms with Gasteiger partial charge in [-0.2, -0.15) is 0 Å². The van der Waals surface area contributed by atoms with Crippen molar-refractivity contribution in [3.8, 4) is 11.6 Å². The van der Waals surface area contributed by atoms with E-state index in [0.717, 1.165) is 18.6 Å². The molecule has 3 nitrogen and oxygen atoms in total. The molecule has 0 saturated heterocycles. The minimum absolute atomic E-state index is 0.0244. The van der Waals surface area contributed by atoms with Crippen LogP contribution in [0.5, 0.6) is 11.6 Å². The Labute approximate surface area is 136 Å². The fourth-order valence-corrected chi connectivity index (χ4v) is 2.83. The molecule has 0 aliphatic carbocycles. The third-order valence-corrected chi connectivity index (χ3v) is 4.20. The summed E-state index contributed by atoms with van der Waals surface area (Å²) in [6.07, 6.45) is 13.8. The van der Waals surface area contributed by atoms with Crippen molar-refractivity contribution in [2.45, 2.75) is 90.6 Å². The molecule has 0 fully saturated rings. The van der Waals surface area contributed by atoms with Gasteiger partial charge in [-0.25, -0.2) is 4.98 Å². The Hall–Kier alpha value is -1.25. The normalized spacial score (nSPS) is 13.8. The average Bonchev–Trinajstić information content (AvgIpc) is 2.47. The van der Waals surface area contributed by atoms with Crippen LogP contribution < -0.4 is 4.74 Å². The zero-order valence-corrected chi connectivity index (χ0v) is 14.6. The largest absolute Gasteiger partial charge is 0.493 e. The van der Waals surface area contributed by atoms with Crippen molar-refractivity contribution in [2.75, 3.05) is 0 Å². The molecule has 1 aromatic heterocycles. The molecule has 3 heteroatoms. The quantitative estimate of drug-likeness (QED) is 0.491. The lowest BCUT2D eigenvalue weighted by Crippen LogP contribution is -2.32. The van der Waals surface area contributed by atoms with Crippen LogP contribution in [0.3, 0.4) is 0 Å². The van der Waals surface area contributed by atoms with Crippen LogP contribution in [0, 0.1) is 0 Å². The second kappa shape index (κ2) is 10.5. The third kappa shape index (κ3) is 7.67. The van der Waals surface area contributed by atoms with Crippen LogP contribution in [0.2, 0.25) is 0 Å². The molecule has 1 rings (SSSR count). The molecule has 1 N–H and O–H groups in total. The summed E-state index contributed by atoms with van der Waals surface area (Å²) in [6, 6.07) is 3.43. The molecule has 126 valence electrons. The van der Waals surface area contributed by atoms with E-state index in [-0.39, 0.29) is 11.5 Å². The zero-order chi connectivity index (χ0) is 16.3. The average molecular weight is 307 g/mol. The van der Waals surface area contributed by atoms with Crippen LogP contribution in [0.15, 0.2) is 18.3 Å². The number of ether oxygens (including phenoxy) is 1. The van der Waals surface area contributed by atoms with Gasteiger partial charge >= 0.3 is 0 Å². The van der Waals surface area contributed by atoms with Crippen LogP contribution >= 0.6 is 0 Å². The van der Waals surface area contributed by atoms with Crippen molar-refractivity contribution in [3.63, 3.8) is 0 Å². The number of pyridine rings is 1. The fourth-order valence-electron chi connectivity index (χ4n) is 2.83. The summed E-state index contributed by atoms with van der Waals surface area (Å²) >= 11 is 0. The molecule has 0 aromatic carbocycles. The van der Waals surface area contributed by atoms with Gasteiger partial charge in [-0.3, -0.25) is 0 Å². The maximum atomic E-state index is 9.51. The van der Waals surface area contributed by atoms with Gasteiger partial charge in [0.25, 0.3) is 0 Å². The first-order valence-electron chi connectivity index (χ1n) is 8.93. The van der Waals surface area contributed by atoms with E-state index in [9.17, 15) is 5.11 Å². The summed E-state index contributed by atoms with van der Waals surface area (Å²) in [4.78, 5) is 3.82. The van der Waals surface area contributed by atoms with Gasteiger partial charge in [0.15, 0.2) is 0 Å². The summed E-state index contributed by atoms with van der Waals surface area (Å²) in [7, 11) is 0. The number of aromatic nitrogens is 1. The van der Waals surface area contributed by atoms with E-state index < -0.39 is 0 Å². The lowest BCUT2D eigenvalue weighted by molar-refractivity contribution is 0.0635. The summed E-state index contributed by atoms with van der Waals surface area (Å²) < 4.78 is 6.24. The van der Waals surface area contributed by atoms with E-state index in [0.29, 0.717) is 0 Å². The molecule has 1 heterocycles. The van der Waals surface area contributed by atoms with Crippen LogP contribution in [0.1, 0.15) is 85.0 Å². The van der Waals surface area contributed by atoms with Gasteiger partial charge in [0.05, 0.1) is 0 Å². The minimum atomic E-state index is -0.144. The second-order valence-electron chi connectivity index (χ2n) is 6.52. The Bertz CT molecular complexity index is 408. The Morgan fingerprint density at radius 2 is 1.59 bits per heavy atom. The summed E-state index contributed by atoms with van der Waals surface area (Å²) in [5.74, 6) is 0.747. The van der Waals surface area contributed by atoms with E-state index in [1.54, 1.807) is 12.3 Å². The van der Waals surface area contributed by atoms with Crippen molar-refractivity contribution >= 4 is 0 Å². The van der Waals surface area contributed by atoms with Crippen LogP contribution in [0.4, 0.5) is 0 Å². The van der Waals surface area contributed by atoms with Crippen molar-refractivity contribution < 1.29 is 9.84 Å². The molecule has 22 heavy (non-hydrogen) atoms. The summed E-state index contributed by atoms with van der Waals surface area (Å²) in [6.45, 7) is 6.68. The molecule has 0 aliphatic rings. The van der Waals surface area contributed by atoms with E-state index in [1.165, 1.54) is 51.4 Å². The van der Waals surface area contributed by atoms with Crippen LogP contribution in [-0.4, -0.2) is 15.7 Å². The topological polar surface area (TPSA) is 42.4 Å². The molecule has 0 spiro atoms. The SMILES string of the molecule is CCCCCCCC(C)(CCCCC)Oc1ccnc(O)c1. The predicted molar refractivity (Wildman–Crippen MR) is 92.5 cm³/mol. The van der Waals surface area contributed by atoms with E-state index >= 15 is 0 Å². The van der Waals surface area contributed by atoms with Gasteiger partial charge < -0.3 is 9.84 Å². The predicted octanol–water partition coefficient (Wildman–Crippen LogP) is 5.87. The van der Waals surface area contributed by atoms with Gasteiger partial charge in [0.2, 0.25) is 5.88 Å². The number of rotatable bonds is 12. The monoisotopic (exact) mass is 307 g/mol. The number of hydrogen-bond donors (Lipinski definition) is 1. The highest BCUT2D eigenvalue weighted by Gasteiger charge is 2.25. The van der Waals surface area contributed by atoms with E-state index in [4.69, 9.17) is 4.74 Å². The van der Waals surface area contributed by atoms with Gasteiger partial charge in [-0.05, 0) is 38.7 Å². The molecule has 0 saturated carbocycles. The van der Waals surface area contributed by atoms with Crippen molar-refractivity contribution in [3.05, 3.63) is 18.3 Å². The highest BCUT2D eigenvalue weighted by Crippen LogP contribution is 2.29. The molecule has 0 amide bonds. The lowest BCUT2D eigenvalue weighted by Gasteiger charge is -2.31. The Balaban J connectivity index is 2.56. The number of unbranched alkanes of at least 4 members (excludes halogenated alkanes) is 6. The Morgan fingerprint density at radius 3 is 2.23 bits per heavy atom. The van der Waals surface area contributed by atoms with E-state index in [1.807, 2.05) is 6.07 Å². The van der Waals surface area contributed by atoms with Crippen LogP contribution in [-0.2, 0) is 0 Å². The first-order chi connectivity index (χ1) is 10.6. The third-order valence-electron chi connectivity index (χ3n) is 4.20. The molecule has 0 aliphatic heterocycles. The van der Waals surface area contributed by atoms with Gasteiger partial charge in [0.1, 0.15) is 11.4 Å². The molecule has 1 unspecified atom stereocenters. The first kappa shape index (κ1) is 18.8. The standard InChI is InChI=1S/C19H33NO2/c1-4-6-8-9-11-14-19(3,13-10-7-5-2)22-17-12-15-20-18(21)16-17/h12,15-16H,4-11,13-14H2,1-3H3,(H,20,21). The molecule has 0 bridgehead atoms. The number of nitrogens with zero attached hydrogens (tertiary/aromatic N) is 1. The van der Waals surface area contributed by atoms with Crippen molar-refractivity contribution in [2.24, 2.45) is 0 Å². The van der Waals surface area contributed by atoms with Gasteiger partial charge in [-0.15, -0.1) is 0 Å². The van der Waals surface area contributed by atoms with Crippen molar-refractivity contribution in [1.29, 1.82) is 0 Å². The van der Waals surface area contributed by atoms with Gasteiger partial charge in [0, 0.05) is 12.3 Å². The molecule has 1 aromatic rings. The molecular weight excluding hydrogens is 274 g/mol. The van der Waals surface area contributed by atoms with Crippen molar-refractivity contribution in [1.82, 2.24) is 4.98 Å². The van der Waals surface area contributed by atoms with Crippen LogP contribution in [0.25, 0.3) is 0 Å². The summed E-state index contributed by atoms with van der Waals surface area (Å²) in [5.41, 5.74) is -0.144. The maximum Gasteiger partial charge on any atom is 0.214 e. The number of hydrogen-bond acceptors (Lipinski definition) is 3. The van der Waals surface area contributed by atoms with Gasteiger partial charge in [-0.1, -0.05) is 52.4 Å². The minimum Gasteiger partial charge on any atom is -0.493 e. The zero-order valence-electron chi connectivity index (χ0n) is 14.6.